The molecule has 0 unspecified atom stereocenters. The van der Waals surface area contributed by atoms with Crippen molar-refractivity contribution in [1.29, 1.82) is 0 Å². The second-order valence-electron chi connectivity index (χ2n) is 3.68. The first-order chi connectivity index (χ1) is 8.22. The van der Waals surface area contributed by atoms with Crippen molar-refractivity contribution in [2.75, 3.05) is 38.3 Å². The van der Waals surface area contributed by atoms with E-state index in [1.807, 2.05) is 23.1 Å². The number of nitrogens with two attached hydrogens (primary N) is 1. The summed E-state index contributed by atoms with van der Waals surface area (Å²) in [6.07, 6.45) is 0. The molecule has 0 heterocycles. The van der Waals surface area contributed by atoms with Crippen molar-refractivity contribution < 1.29 is 9.84 Å². The second kappa shape index (κ2) is 7.50. The molecule has 0 atom stereocenters. The number of aliphatic hydroxyl groups is 1. The Morgan fingerprint density at radius 3 is 2.71 bits per heavy atom. The van der Waals surface area contributed by atoms with Crippen molar-refractivity contribution in [3.63, 3.8) is 0 Å². The first-order valence-electron chi connectivity index (χ1n) is 5.56. The summed E-state index contributed by atoms with van der Waals surface area (Å²) in [6, 6.07) is 5.74. The van der Waals surface area contributed by atoms with Gasteiger partial charge in [0, 0.05) is 37.5 Å². The zero-order valence-electron chi connectivity index (χ0n) is 10.0. The molecular weight excluding hydrogens is 240 g/mol. The van der Waals surface area contributed by atoms with E-state index in [2.05, 4.69) is 0 Å². The van der Waals surface area contributed by atoms with Crippen molar-refractivity contribution in [3.05, 3.63) is 28.8 Å². The van der Waals surface area contributed by atoms with Crippen LogP contribution < -0.4 is 10.6 Å². The zero-order chi connectivity index (χ0) is 12.7. The quantitative estimate of drug-likeness (QED) is 0.773. The predicted molar refractivity (Wildman–Crippen MR) is 70.5 cm³/mol. The van der Waals surface area contributed by atoms with Crippen molar-refractivity contribution in [1.82, 2.24) is 0 Å². The van der Waals surface area contributed by atoms with Gasteiger partial charge in [-0.3, -0.25) is 0 Å². The fourth-order valence-corrected chi connectivity index (χ4v) is 1.84. The second-order valence-corrected chi connectivity index (χ2v) is 4.09. The van der Waals surface area contributed by atoms with E-state index in [0.717, 1.165) is 17.8 Å². The van der Waals surface area contributed by atoms with Gasteiger partial charge in [-0.2, -0.15) is 0 Å². The molecule has 0 amide bonds. The van der Waals surface area contributed by atoms with Gasteiger partial charge in [-0.25, -0.2) is 0 Å². The van der Waals surface area contributed by atoms with E-state index < -0.39 is 0 Å². The summed E-state index contributed by atoms with van der Waals surface area (Å²) >= 11 is 6.11. The number of rotatable bonds is 7. The van der Waals surface area contributed by atoms with Crippen LogP contribution in [-0.4, -0.2) is 38.5 Å². The van der Waals surface area contributed by atoms with E-state index in [1.54, 1.807) is 7.11 Å². The summed E-state index contributed by atoms with van der Waals surface area (Å²) in [5.41, 5.74) is 7.45. The maximum Gasteiger partial charge on any atom is 0.0637 e. The third-order valence-corrected chi connectivity index (χ3v) is 2.91. The molecule has 0 fully saturated rings. The lowest BCUT2D eigenvalue weighted by Crippen LogP contribution is -2.30. The average molecular weight is 259 g/mol. The lowest BCUT2D eigenvalue weighted by atomic mass is 10.2. The first kappa shape index (κ1) is 14.3. The van der Waals surface area contributed by atoms with Gasteiger partial charge in [-0.15, -0.1) is 0 Å². The molecule has 5 heteroatoms. The van der Waals surface area contributed by atoms with Crippen LogP contribution in [-0.2, 0) is 11.3 Å². The van der Waals surface area contributed by atoms with Crippen molar-refractivity contribution in [2.24, 2.45) is 5.73 Å². The van der Waals surface area contributed by atoms with Crippen LogP contribution in [0.25, 0.3) is 0 Å². The molecule has 1 rings (SSSR count). The molecule has 0 radical (unpaired) electrons. The Hall–Kier alpha value is -0.810. The maximum absolute atomic E-state index is 9.03. The normalized spacial score (nSPS) is 10.6. The Morgan fingerprint density at radius 2 is 2.18 bits per heavy atom. The van der Waals surface area contributed by atoms with E-state index in [0.29, 0.717) is 24.7 Å². The van der Waals surface area contributed by atoms with Crippen LogP contribution in [0, 0.1) is 0 Å². The van der Waals surface area contributed by atoms with E-state index >= 15 is 0 Å². The summed E-state index contributed by atoms with van der Waals surface area (Å²) in [6.45, 7) is 2.41. The van der Waals surface area contributed by atoms with Gasteiger partial charge in [-0.05, 0) is 17.7 Å². The highest BCUT2D eigenvalue weighted by atomic mass is 35.5. The van der Waals surface area contributed by atoms with Gasteiger partial charge in [0.1, 0.15) is 0 Å². The Kier molecular flexibility index (Phi) is 6.29. The number of aliphatic hydroxyl groups excluding tert-OH is 1. The number of methoxy groups -OCH3 is 1. The summed E-state index contributed by atoms with van der Waals surface area (Å²) in [5, 5.41) is 9.69. The Morgan fingerprint density at radius 1 is 1.41 bits per heavy atom. The number of nitrogens with zero attached hydrogens (tertiary/aromatic N) is 1. The molecule has 0 aliphatic heterocycles. The van der Waals surface area contributed by atoms with Crippen LogP contribution in [0.1, 0.15) is 5.56 Å². The Balaban J connectivity index is 2.82. The SMILES string of the molecule is COCCN(CCO)c1ccc(CN)c(Cl)c1. The van der Waals surface area contributed by atoms with Crippen molar-refractivity contribution >= 4 is 17.3 Å². The first-order valence-corrected chi connectivity index (χ1v) is 5.94. The predicted octanol–water partition coefficient (Wildman–Crippen LogP) is 1.24. The molecule has 1 aromatic carbocycles. The van der Waals surface area contributed by atoms with Gasteiger partial charge in [0.2, 0.25) is 0 Å². The van der Waals surface area contributed by atoms with Gasteiger partial charge >= 0.3 is 0 Å². The topological polar surface area (TPSA) is 58.7 Å². The van der Waals surface area contributed by atoms with Crippen LogP contribution in [0.4, 0.5) is 5.69 Å². The molecule has 0 saturated heterocycles. The summed E-state index contributed by atoms with van der Waals surface area (Å²) in [4.78, 5) is 2.02. The zero-order valence-corrected chi connectivity index (χ0v) is 10.8. The van der Waals surface area contributed by atoms with Gasteiger partial charge in [-0.1, -0.05) is 17.7 Å². The molecular formula is C12H19ClN2O2. The molecule has 0 aliphatic carbocycles. The van der Waals surface area contributed by atoms with Crippen LogP contribution in [0.2, 0.25) is 5.02 Å². The molecule has 0 spiro atoms. The van der Waals surface area contributed by atoms with Crippen molar-refractivity contribution in [2.45, 2.75) is 6.54 Å². The highest BCUT2D eigenvalue weighted by Crippen LogP contribution is 2.23. The average Bonchev–Trinajstić information content (AvgIpc) is 2.34. The highest BCUT2D eigenvalue weighted by Gasteiger charge is 2.08. The number of ether oxygens (including phenoxy) is 1. The van der Waals surface area contributed by atoms with E-state index in [-0.39, 0.29) is 6.61 Å². The Labute approximate surface area is 107 Å². The van der Waals surface area contributed by atoms with E-state index in [1.165, 1.54) is 0 Å². The standard InChI is InChI=1S/C12H19ClN2O2/c1-17-7-5-15(4-6-16)11-3-2-10(9-14)12(13)8-11/h2-3,8,16H,4-7,9,14H2,1H3. The van der Waals surface area contributed by atoms with Gasteiger partial charge in [0.05, 0.1) is 13.2 Å². The van der Waals surface area contributed by atoms with Crippen LogP contribution in [0.5, 0.6) is 0 Å². The number of benzene rings is 1. The summed E-state index contributed by atoms with van der Waals surface area (Å²) in [7, 11) is 1.65. The van der Waals surface area contributed by atoms with E-state index in [4.69, 9.17) is 27.2 Å². The third kappa shape index (κ3) is 4.16. The minimum Gasteiger partial charge on any atom is -0.395 e. The summed E-state index contributed by atoms with van der Waals surface area (Å²) in [5.74, 6) is 0. The minimum atomic E-state index is 0.0972. The highest BCUT2D eigenvalue weighted by molar-refractivity contribution is 6.31. The summed E-state index contributed by atoms with van der Waals surface area (Å²) < 4.78 is 5.04. The number of hydrogen-bond acceptors (Lipinski definition) is 4. The third-order valence-electron chi connectivity index (χ3n) is 2.56. The molecule has 4 nitrogen and oxygen atoms in total. The minimum absolute atomic E-state index is 0.0972. The van der Waals surface area contributed by atoms with Gasteiger partial charge in [0.15, 0.2) is 0 Å². The largest absolute Gasteiger partial charge is 0.395 e. The molecule has 0 bridgehead atoms. The van der Waals surface area contributed by atoms with Crippen molar-refractivity contribution in [3.8, 4) is 0 Å². The number of halogens is 1. The number of hydrogen-bond donors (Lipinski definition) is 2. The fraction of sp³-hybridized carbons (Fsp3) is 0.500. The molecule has 3 N–H and O–H groups in total. The Bertz CT molecular complexity index is 347. The van der Waals surface area contributed by atoms with Crippen LogP contribution in [0.3, 0.4) is 0 Å². The molecule has 17 heavy (non-hydrogen) atoms. The maximum atomic E-state index is 9.03. The molecule has 96 valence electrons. The number of anilines is 1. The van der Waals surface area contributed by atoms with Crippen LogP contribution in [0.15, 0.2) is 18.2 Å². The van der Waals surface area contributed by atoms with E-state index in [9.17, 15) is 0 Å². The fourth-order valence-electron chi connectivity index (χ4n) is 1.59. The molecule has 0 saturated carbocycles. The molecule has 0 aliphatic rings. The van der Waals surface area contributed by atoms with Gasteiger partial charge in [0.25, 0.3) is 0 Å². The monoisotopic (exact) mass is 258 g/mol. The lowest BCUT2D eigenvalue weighted by molar-refractivity contribution is 0.203. The van der Waals surface area contributed by atoms with Gasteiger partial charge < -0.3 is 20.5 Å². The molecule has 0 aromatic heterocycles. The lowest BCUT2D eigenvalue weighted by Gasteiger charge is -2.24. The molecule has 1 aromatic rings. The van der Waals surface area contributed by atoms with Crippen LogP contribution >= 0.6 is 11.6 Å². The smallest absolute Gasteiger partial charge is 0.0637 e.